The standard InChI is InChI=1S/C36H31NO4/c1-3-8-29(4-2)34(30-9-6-5-7-10-30)23-26-11-17-31(18-12-26)37(32-19-13-27(14-20-32)24-35(38)39)33-21-15-28(16-22-33)25-36(40)41/h3-23H,1-2,24-25H2,(H,38,39)(H,40,41)/b29-8+,34-23?. The van der Waals surface area contributed by atoms with Gasteiger partial charge in [-0.25, -0.2) is 0 Å². The van der Waals surface area contributed by atoms with Crippen molar-refractivity contribution in [3.8, 4) is 0 Å². The maximum absolute atomic E-state index is 11.2. The third-order valence-corrected chi connectivity index (χ3v) is 6.48. The zero-order valence-electron chi connectivity index (χ0n) is 22.6. The van der Waals surface area contributed by atoms with Gasteiger partial charge in [0, 0.05) is 17.1 Å². The van der Waals surface area contributed by atoms with Crippen molar-refractivity contribution in [1.82, 2.24) is 0 Å². The number of aliphatic carboxylic acids is 2. The molecule has 0 saturated carbocycles. The summed E-state index contributed by atoms with van der Waals surface area (Å²) in [5, 5.41) is 18.3. The summed E-state index contributed by atoms with van der Waals surface area (Å²) in [6, 6.07) is 33.0. The average molecular weight is 542 g/mol. The number of allylic oxidation sites excluding steroid dienone is 5. The molecule has 0 saturated heterocycles. The van der Waals surface area contributed by atoms with E-state index in [0.717, 1.165) is 39.3 Å². The van der Waals surface area contributed by atoms with Gasteiger partial charge < -0.3 is 15.1 Å². The minimum atomic E-state index is -0.885. The molecule has 0 atom stereocenters. The van der Waals surface area contributed by atoms with E-state index >= 15 is 0 Å². The number of carboxylic acid groups (broad SMARTS) is 2. The van der Waals surface area contributed by atoms with Gasteiger partial charge in [0.25, 0.3) is 0 Å². The van der Waals surface area contributed by atoms with E-state index in [0.29, 0.717) is 11.1 Å². The van der Waals surface area contributed by atoms with Crippen LogP contribution < -0.4 is 4.90 Å². The van der Waals surface area contributed by atoms with Gasteiger partial charge in [0.15, 0.2) is 0 Å². The van der Waals surface area contributed by atoms with Gasteiger partial charge in [0.2, 0.25) is 0 Å². The molecule has 0 aliphatic rings. The van der Waals surface area contributed by atoms with E-state index < -0.39 is 11.9 Å². The third kappa shape index (κ3) is 7.58. The highest BCUT2D eigenvalue weighted by atomic mass is 16.4. The number of hydrogen-bond acceptors (Lipinski definition) is 3. The summed E-state index contributed by atoms with van der Waals surface area (Å²) in [4.78, 5) is 24.4. The van der Waals surface area contributed by atoms with Crippen LogP contribution in [0.15, 0.2) is 140 Å². The third-order valence-electron chi connectivity index (χ3n) is 6.48. The summed E-state index contributed by atoms with van der Waals surface area (Å²) < 4.78 is 0. The summed E-state index contributed by atoms with van der Waals surface area (Å²) in [7, 11) is 0. The molecule has 0 aliphatic heterocycles. The molecule has 0 heterocycles. The number of carbonyl (C=O) groups is 2. The lowest BCUT2D eigenvalue weighted by Crippen LogP contribution is -2.10. The molecule has 4 rings (SSSR count). The average Bonchev–Trinajstić information content (AvgIpc) is 2.97. The molecule has 0 aromatic heterocycles. The Morgan fingerprint density at radius 1 is 0.659 bits per heavy atom. The maximum Gasteiger partial charge on any atom is 0.307 e. The zero-order chi connectivity index (χ0) is 29.2. The summed E-state index contributed by atoms with van der Waals surface area (Å²) in [5.74, 6) is -1.77. The van der Waals surface area contributed by atoms with Gasteiger partial charge in [-0.2, -0.15) is 0 Å². The molecule has 2 N–H and O–H groups in total. The maximum atomic E-state index is 11.2. The van der Waals surface area contributed by atoms with Crippen LogP contribution in [0.2, 0.25) is 0 Å². The van der Waals surface area contributed by atoms with Crippen LogP contribution in [0.4, 0.5) is 17.1 Å². The van der Waals surface area contributed by atoms with Crippen molar-refractivity contribution in [3.63, 3.8) is 0 Å². The van der Waals surface area contributed by atoms with Crippen LogP contribution in [0.1, 0.15) is 22.3 Å². The Kier molecular flexibility index (Phi) is 9.47. The first-order valence-corrected chi connectivity index (χ1v) is 13.1. The molecule has 0 fully saturated rings. The fourth-order valence-electron chi connectivity index (χ4n) is 4.55. The van der Waals surface area contributed by atoms with E-state index in [-0.39, 0.29) is 12.8 Å². The number of anilines is 3. The fraction of sp³-hybridized carbons (Fsp3) is 0.0556. The summed E-state index contributed by atoms with van der Waals surface area (Å²) in [5.41, 5.74) is 8.04. The molecule has 41 heavy (non-hydrogen) atoms. The second-order valence-corrected chi connectivity index (χ2v) is 9.39. The van der Waals surface area contributed by atoms with Crippen molar-refractivity contribution >= 4 is 40.6 Å². The molecule has 5 heteroatoms. The van der Waals surface area contributed by atoms with Gasteiger partial charge >= 0.3 is 11.9 Å². The highest BCUT2D eigenvalue weighted by molar-refractivity contribution is 5.93. The summed E-state index contributed by atoms with van der Waals surface area (Å²) in [6.07, 6.45) is 7.51. The van der Waals surface area contributed by atoms with Crippen molar-refractivity contribution in [2.24, 2.45) is 0 Å². The number of carboxylic acids is 2. The lowest BCUT2D eigenvalue weighted by Gasteiger charge is -2.26. The van der Waals surface area contributed by atoms with E-state index in [9.17, 15) is 9.59 Å². The van der Waals surface area contributed by atoms with Crippen molar-refractivity contribution < 1.29 is 19.8 Å². The van der Waals surface area contributed by atoms with E-state index in [4.69, 9.17) is 10.2 Å². The Bertz CT molecular complexity index is 1520. The van der Waals surface area contributed by atoms with E-state index in [1.54, 1.807) is 30.3 Å². The molecule has 0 spiro atoms. The molecule has 204 valence electrons. The van der Waals surface area contributed by atoms with Crippen molar-refractivity contribution in [3.05, 3.63) is 162 Å². The predicted octanol–water partition coefficient (Wildman–Crippen LogP) is 8.25. The van der Waals surface area contributed by atoms with Crippen LogP contribution in [0.3, 0.4) is 0 Å². The first-order chi connectivity index (χ1) is 19.9. The molecule has 4 aromatic carbocycles. The molecule has 0 aliphatic carbocycles. The van der Waals surface area contributed by atoms with Crippen molar-refractivity contribution in [1.29, 1.82) is 0 Å². The van der Waals surface area contributed by atoms with Crippen LogP contribution in [0.25, 0.3) is 11.6 Å². The van der Waals surface area contributed by atoms with Gasteiger partial charge in [-0.1, -0.05) is 98.1 Å². The SMILES string of the molecule is C=C/C=C(\C=C)C(=Cc1ccc(N(c2ccc(CC(=O)O)cc2)c2ccc(CC(=O)O)cc2)cc1)c1ccccc1. The smallest absolute Gasteiger partial charge is 0.307 e. The highest BCUT2D eigenvalue weighted by Crippen LogP contribution is 2.35. The van der Waals surface area contributed by atoms with Crippen LogP contribution >= 0.6 is 0 Å². The van der Waals surface area contributed by atoms with Crippen LogP contribution in [0.5, 0.6) is 0 Å². The van der Waals surface area contributed by atoms with Crippen molar-refractivity contribution in [2.75, 3.05) is 4.90 Å². The van der Waals surface area contributed by atoms with Crippen LogP contribution in [-0.2, 0) is 22.4 Å². The predicted molar refractivity (Wildman–Crippen MR) is 167 cm³/mol. The Hall–Kier alpha value is -5.42. The molecular weight excluding hydrogens is 510 g/mol. The van der Waals surface area contributed by atoms with E-state index in [1.165, 1.54) is 0 Å². The molecule has 0 unspecified atom stereocenters. The largest absolute Gasteiger partial charge is 0.481 e. The van der Waals surface area contributed by atoms with Crippen molar-refractivity contribution in [2.45, 2.75) is 12.8 Å². The number of nitrogens with zero attached hydrogens (tertiary/aromatic N) is 1. The topological polar surface area (TPSA) is 77.8 Å². The first-order valence-electron chi connectivity index (χ1n) is 13.1. The van der Waals surface area contributed by atoms with Gasteiger partial charge in [0.1, 0.15) is 0 Å². The Morgan fingerprint density at radius 3 is 1.54 bits per heavy atom. The monoisotopic (exact) mass is 541 g/mol. The fourth-order valence-corrected chi connectivity index (χ4v) is 4.55. The quantitative estimate of drug-likeness (QED) is 0.139. The Morgan fingerprint density at radius 2 is 1.12 bits per heavy atom. The minimum absolute atomic E-state index is 0.0536. The number of hydrogen-bond donors (Lipinski definition) is 2. The first kappa shape index (κ1) is 28.6. The highest BCUT2D eigenvalue weighted by Gasteiger charge is 2.14. The second-order valence-electron chi connectivity index (χ2n) is 9.39. The normalized spacial score (nSPS) is 11.5. The molecular formula is C36H31NO4. The lowest BCUT2D eigenvalue weighted by atomic mass is 9.95. The molecule has 0 amide bonds. The Labute approximate surface area is 240 Å². The van der Waals surface area contributed by atoms with Gasteiger partial charge in [0.05, 0.1) is 12.8 Å². The minimum Gasteiger partial charge on any atom is -0.481 e. The van der Waals surface area contributed by atoms with E-state index in [2.05, 4.69) is 31.4 Å². The van der Waals surface area contributed by atoms with Crippen LogP contribution in [-0.4, -0.2) is 22.2 Å². The van der Waals surface area contributed by atoms with Gasteiger partial charge in [-0.3, -0.25) is 9.59 Å². The van der Waals surface area contributed by atoms with Gasteiger partial charge in [-0.15, -0.1) is 0 Å². The Balaban J connectivity index is 1.75. The van der Waals surface area contributed by atoms with Crippen LogP contribution in [0, 0.1) is 0 Å². The molecule has 5 nitrogen and oxygen atoms in total. The molecule has 4 aromatic rings. The number of benzene rings is 4. The zero-order valence-corrected chi connectivity index (χ0v) is 22.6. The summed E-state index contributed by atoms with van der Waals surface area (Å²) >= 11 is 0. The molecule has 0 radical (unpaired) electrons. The summed E-state index contributed by atoms with van der Waals surface area (Å²) in [6.45, 7) is 7.83. The molecule has 0 bridgehead atoms. The van der Waals surface area contributed by atoms with E-state index in [1.807, 2.05) is 83.8 Å². The number of rotatable bonds is 12. The van der Waals surface area contributed by atoms with Gasteiger partial charge in [-0.05, 0) is 75.9 Å². The second kappa shape index (κ2) is 13.6. The lowest BCUT2D eigenvalue weighted by molar-refractivity contribution is -0.137.